The van der Waals surface area contributed by atoms with Gasteiger partial charge in [-0.1, -0.05) is 146 Å². The number of fused-ring (bicyclic) bond motifs is 9. The molecule has 11 rings (SSSR count). The Morgan fingerprint density at radius 3 is 1.87 bits per heavy atom. The van der Waals surface area contributed by atoms with Crippen molar-refractivity contribution in [2.45, 2.75) is 0 Å². The van der Waals surface area contributed by atoms with E-state index in [1.54, 1.807) is 0 Å². The Morgan fingerprint density at radius 1 is 0.340 bits per heavy atom. The van der Waals surface area contributed by atoms with E-state index in [9.17, 15) is 0 Å². The predicted octanol–water partition coefficient (Wildman–Crippen LogP) is 15.5. The summed E-state index contributed by atoms with van der Waals surface area (Å²) in [7, 11) is 0. The lowest BCUT2D eigenvalue weighted by Gasteiger charge is -2.27. The van der Waals surface area contributed by atoms with E-state index in [2.05, 4.69) is 193 Å². The van der Waals surface area contributed by atoms with Gasteiger partial charge in [-0.3, -0.25) is 0 Å². The minimum atomic E-state index is 1.14. The van der Waals surface area contributed by atoms with Crippen molar-refractivity contribution in [1.82, 2.24) is 0 Å². The maximum absolute atomic E-state index is 2.47. The number of nitrogens with zero attached hydrogens (tertiary/aromatic N) is 1. The molecule has 0 bridgehead atoms. The standard InChI is InChI=1S/C50H31NS2/c1-3-14-33(15-4-1)37-23-13-27-46-48(37)42-25-12-24-41(49(42)52-46)43-31-44-39-29-28-35(30-47(39)53-50(44)40-22-10-9-21-38(40)43)51(34-18-5-2-6-19-34)45-26-11-17-32-16-7-8-20-36(32)45/h1-31H. The zero-order chi connectivity index (χ0) is 34.9. The number of hydrogen-bond acceptors (Lipinski definition) is 3. The van der Waals surface area contributed by atoms with Crippen LogP contribution in [0.4, 0.5) is 17.1 Å². The number of anilines is 3. The molecule has 2 heterocycles. The fraction of sp³-hybridized carbons (Fsp3) is 0. The summed E-state index contributed by atoms with van der Waals surface area (Å²) in [5.74, 6) is 0. The Hall–Kier alpha value is -6.26. The Balaban J connectivity index is 1.13. The average molecular weight is 710 g/mol. The lowest BCUT2D eigenvalue weighted by Crippen LogP contribution is -2.10. The van der Waals surface area contributed by atoms with Gasteiger partial charge in [-0.25, -0.2) is 0 Å². The van der Waals surface area contributed by atoms with Crippen molar-refractivity contribution in [3.8, 4) is 22.3 Å². The van der Waals surface area contributed by atoms with Gasteiger partial charge >= 0.3 is 0 Å². The molecule has 1 nitrogen and oxygen atoms in total. The van der Waals surface area contributed by atoms with Crippen LogP contribution in [0.2, 0.25) is 0 Å². The Kier molecular flexibility index (Phi) is 6.97. The van der Waals surface area contributed by atoms with Gasteiger partial charge in [0.2, 0.25) is 0 Å². The molecule has 0 fully saturated rings. The van der Waals surface area contributed by atoms with E-state index in [4.69, 9.17) is 0 Å². The molecule has 9 aromatic carbocycles. The monoisotopic (exact) mass is 709 g/mol. The highest BCUT2D eigenvalue weighted by Gasteiger charge is 2.20. The zero-order valence-corrected chi connectivity index (χ0v) is 30.3. The summed E-state index contributed by atoms with van der Waals surface area (Å²) in [5.41, 5.74) is 8.60. The number of thiophene rings is 2. The van der Waals surface area contributed by atoms with E-state index in [0.29, 0.717) is 0 Å². The molecular weight excluding hydrogens is 679 g/mol. The van der Waals surface area contributed by atoms with Crippen molar-refractivity contribution in [2.24, 2.45) is 0 Å². The van der Waals surface area contributed by atoms with Gasteiger partial charge in [0.25, 0.3) is 0 Å². The molecule has 53 heavy (non-hydrogen) atoms. The zero-order valence-electron chi connectivity index (χ0n) is 28.7. The van der Waals surface area contributed by atoms with Crippen molar-refractivity contribution in [1.29, 1.82) is 0 Å². The van der Waals surface area contributed by atoms with Gasteiger partial charge in [-0.15, -0.1) is 22.7 Å². The van der Waals surface area contributed by atoms with E-state index in [1.807, 2.05) is 22.7 Å². The molecule has 3 heteroatoms. The molecule has 0 aliphatic carbocycles. The van der Waals surface area contributed by atoms with Gasteiger partial charge in [0.1, 0.15) is 0 Å². The van der Waals surface area contributed by atoms with Crippen LogP contribution in [-0.4, -0.2) is 0 Å². The fourth-order valence-corrected chi connectivity index (χ4v) is 10.8. The molecule has 0 aliphatic rings. The second kappa shape index (κ2) is 12.2. The van der Waals surface area contributed by atoms with Crippen LogP contribution < -0.4 is 4.90 Å². The van der Waals surface area contributed by atoms with E-state index in [1.165, 1.54) is 89.8 Å². The first kappa shape index (κ1) is 30.4. The summed E-state index contributed by atoms with van der Waals surface area (Å²) in [6, 6.07) is 68.9. The minimum Gasteiger partial charge on any atom is -0.310 e. The van der Waals surface area contributed by atoms with E-state index >= 15 is 0 Å². The summed E-state index contributed by atoms with van der Waals surface area (Å²) in [5, 5.41) is 10.3. The molecule has 0 unspecified atom stereocenters. The van der Waals surface area contributed by atoms with Gasteiger partial charge in [-0.2, -0.15) is 0 Å². The van der Waals surface area contributed by atoms with Crippen molar-refractivity contribution >= 4 is 102 Å². The molecule has 2 aromatic heterocycles. The van der Waals surface area contributed by atoms with Crippen molar-refractivity contribution < 1.29 is 0 Å². The highest BCUT2D eigenvalue weighted by Crippen LogP contribution is 2.49. The van der Waals surface area contributed by atoms with Crippen LogP contribution in [0.3, 0.4) is 0 Å². The van der Waals surface area contributed by atoms with Gasteiger partial charge in [0.15, 0.2) is 0 Å². The van der Waals surface area contributed by atoms with Crippen LogP contribution in [0.15, 0.2) is 188 Å². The minimum absolute atomic E-state index is 1.14. The molecule has 0 amide bonds. The molecule has 0 saturated carbocycles. The van der Waals surface area contributed by atoms with Gasteiger partial charge in [-0.05, 0) is 69.9 Å². The van der Waals surface area contributed by atoms with Gasteiger partial charge in [0.05, 0.1) is 5.69 Å². The Morgan fingerprint density at radius 2 is 1.00 bits per heavy atom. The van der Waals surface area contributed by atoms with Crippen LogP contribution in [0.5, 0.6) is 0 Å². The number of para-hydroxylation sites is 1. The average Bonchev–Trinajstić information content (AvgIpc) is 3.80. The molecule has 0 aliphatic heterocycles. The van der Waals surface area contributed by atoms with E-state index in [-0.39, 0.29) is 0 Å². The third-order valence-electron chi connectivity index (χ3n) is 10.6. The molecule has 0 spiro atoms. The molecule has 0 atom stereocenters. The molecule has 0 saturated heterocycles. The van der Waals surface area contributed by atoms with Crippen molar-refractivity contribution in [2.75, 3.05) is 4.90 Å². The summed E-state index contributed by atoms with van der Waals surface area (Å²) >= 11 is 3.81. The Bertz CT molecular complexity index is 3170. The maximum atomic E-state index is 2.47. The lowest BCUT2D eigenvalue weighted by atomic mass is 9.93. The van der Waals surface area contributed by atoms with Gasteiger partial charge in [0, 0.05) is 68.1 Å². The molecule has 11 aromatic rings. The SMILES string of the molecule is c1ccc(-c2cccc3sc4c(-c5cc6c7ccc(N(c8ccccc8)c8cccc9ccccc89)cc7sc6c6ccccc56)cccc4c23)cc1. The normalized spacial score (nSPS) is 11.8. The number of rotatable bonds is 5. The summed E-state index contributed by atoms with van der Waals surface area (Å²) in [6.45, 7) is 0. The molecule has 0 N–H and O–H groups in total. The molecule has 248 valence electrons. The van der Waals surface area contributed by atoms with Crippen LogP contribution in [0, 0.1) is 0 Å². The second-order valence-corrected chi connectivity index (χ2v) is 15.7. The first-order valence-corrected chi connectivity index (χ1v) is 19.6. The number of benzene rings is 9. The van der Waals surface area contributed by atoms with Crippen LogP contribution in [0.1, 0.15) is 0 Å². The van der Waals surface area contributed by atoms with E-state index in [0.717, 1.165) is 11.4 Å². The van der Waals surface area contributed by atoms with E-state index < -0.39 is 0 Å². The largest absolute Gasteiger partial charge is 0.310 e. The Labute approximate surface area is 315 Å². The summed E-state index contributed by atoms with van der Waals surface area (Å²) in [4.78, 5) is 2.40. The maximum Gasteiger partial charge on any atom is 0.0540 e. The first-order chi connectivity index (χ1) is 26.3. The predicted molar refractivity (Wildman–Crippen MR) is 233 cm³/mol. The third-order valence-corrected chi connectivity index (χ3v) is 13.0. The molecule has 0 radical (unpaired) electrons. The first-order valence-electron chi connectivity index (χ1n) is 18.0. The fourth-order valence-electron chi connectivity index (χ4n) is 8.27. The summed E-state index contributed by atoms with van der Waals surface area (Å²) in [6.07, 6.45) is 0. The highest BCUT2D eigenvalue weighted by molar-refractivity contribution is 7.27. The highest BCUT2D eigenvalue weighted by atomic mass is 32.1. The topological polar surface area (TPSA) is 3.24 Å². The third kappa shape index (κ3) is 4.82. The van der Waals surface area contributed by atoms with Crippen LogP contribution in [-0.2, 0) is 0 Å². The smallest absolute Gasteiger partial charge is 0.0540 e. The summed E-state index contributed by atoms with van der Waals surface area (Å²) < 4.78 is 5.28. The second-order valence-electron chi connectivity index (χ2n) is 13.6. The van der Waals surface area contributed by atoms with Crippen molar-refractivity contribution in [3.63, 3.8) is 0 Å². The lowest BCUT2D eigenvalue weighted by molar-refractivity contribution is 1.30. The van der Waals surface area contributed by atoms with Crippen LogP contribution in [0.25, 0.3) is 84.1 Å². The van der Waals surface area contributed by atoms with Crippen LogP contribution >= 0.6 is 22.7 Å². The van der Waals surface area contributed by atoms with Gasteiger partial charge < -0.3 is 4.90 Å². The number of hydrogen-bond donors (Lipinski definition) is 0. The van der Waals surface area contributed by atoms with Crippen molar-refractivity contribution in [3.05, 3.63) is 188 Å². The quantitative estimate of drug-likeness (QED) is 0.172. The molecular formula is C50H31NS2.